The van der Waals surface area contributed by atoms with E-state index in [0.29, 0.717) is 11.6 Å². The molecule has 0 aliphatic rings. The summed E-state index contributed by atoms with van der Waals surface area (Å²) in [5.41, 5.74) is 2.68. The molecule has 2 nitrogen and oxygen atoms in total. The quantitative estimate of drug-likeness (QED) is 0.861. The number of nitrogens with one attached hydrogen (secondary N) is 1. The van der Waals surface area contributed by atoms with Gasteiger partial charge in [0.25, 0.3) is 0 Å². The van der Waals surface area contributed by atoms with E-state index in [0.717, 1.165) is 21.8 Å². The molecular formula is C14H13Cl2NO. The molecular weight excluding hydrogens is 269 g/mol. The van der Waals surface area contributed by atoms with Crippen molar-refractivity contribution in [3.05, 3.63) is 57.6 Å². The van der Waals surface area contributed by atoms with Gasteiger partial charge in [0.05, 0.1) is 5.02 Å². The summed E-state index contributed by atoms with van der Waals surface area (Å²) in [5.74, 6) is 0.117. The number of benzene rings is 2. The maximum absolute atomic E-state index is 9.80. The molecule has 0 unspecified atom stereocenters. The summed E-state index contributed by atoms with van der Waals surface area (Å²) in [6, 6.07) is 11.0. The topological polar surface area (TPSA) is 32.3 Å². The van der Waals surface area contributed by atoms with Crippen molar-refractivity contribution in [2.45, 2.75) is 13.5 Å². The van der Waals surface area contributed by atoms with E-state index in [1.54, 1.807) is 6.07 Å². The van der Waals surface area contributed by atoms with Crippen LogP contribution in [-0.2, 0) is 6.54 Å². The zero-order valence-corrected chi connectivity index (χ0v) is 11.4. The highest BCUT2D eigenvalue weighted by Crippen LogP contribution is 2.28. The number of anilines is 1. The minimum atomic E-state index is 0.117. The van der Waals surface area contributed by atoms with Crippen molar-refractivity contribution in [1.29, 1.82) is 0 Å². The zero-order chi connectivity index (χ0) is 13.1. The fourth-order valence-corrected chi connectivity index (χ4v) is 2.06. The number of hydrogen-bond donors (Lipinski definition) is 2. The Morgan fingerprint density at radius 3 is 2.50 bits per heavy atom. The Bertz CT molecular complexity index is 518. The predicted octanol–water partition coefficient (Wildman–Crippen LogP) is 4.62. The normalized spacial score (nSPS) is 10.4. The SMILES string of the molecule is Cc1c(Cl)cccc1NCc1cccc(Cl)c1O. The summed E-state index contributed by atoms with van der Waals surface area (Å²) in [6.45, 7) is 2.44. The van der Waals surface area contributed by atoms with Gasteiger partial charge in [-0.3, -0.25) is 0 Å². The Morgan fingerprint density at radius 1 is 1.06 bits per heavy atom. The fourth-order valence-electron chi connectivity index (χ4n) is 1.69. The van der Waals surface area contributed by atoms with Gasteiger partial charge >= 0.3 is 0 Å². The van der Waals surface area contributed by atoms with Crippen LogP contribution in [0.1, 0.15) is 11.1 Å². The molecule has 0 saturated heterocycles. The molecule has 94 valence electrons. The second-order valence-electron chi connectivity index (χ2n) is 4.01. The maximum Gasteiger partial charge on any atom is 0.139 e. The molecule has 0 bridgehead atoms. The number of phenolic OH excluding ortho intramolecular Hbond substituents is 1. The zero-order valence-electron chi connectivity index (χ0n) is 9.87. The number of para-hydroxylation sites is 1. The summed E-state index contributed by atoms with van der Waals surface area (Å²) < 4.78 is 0. The number of halogens is 2. The molecule has 2 aromatic rings. The van der Waals surface area contributed by atoms with E-state index < -0.39 is 0 Å². The molecule has 0 spiro atoms. The summed E-state index contributed by atoms with van der Waals surface area (Å²) >= 11 is 11.9. The molecule has 0 heterocycles. The van der Waals surface area contributed by atoms with E-state index in [-0.39, 0.29) is 5.75 Å². The Kier molecular flexibility index (Phi) is 4.00. The third-order valence-electron chi connectivity index (χ3n) is 2.81. The first-order valence-electron chi connectivity index (χ1n) is 5.55. The summed E-state index contributed by atoms with van der Waals surface area (Å²) in [5, 5.41) is 14.1. The van der Waals surface area contributed by atoms with Crippen molar-refractivity contribution in [2.24, 2.45) is 0 Å². The van der Waals surface area contributed by atoms with Crippen molar-refractivity contribution in [1.82, 2.24) is 0 Å². The van der Waals surface area contributed by atoms with E-state index in [2.05, 4.69) is 5.32 Å². The smallest absolute Gasteiger partial charge is 0.139 e. The molecule has 0 radical (unpaired) electrons. The second kappa shape index (κ2) is 5.51. The van der Waals surface area contributed by atoms with Gasteiger partial charge in [0.1, 0.15) is 5.75 Å². The maximum atomic E-state index is 9.80. The molecule has 0 amide bonds. The summed E-state index contributed by atoms with van der Waals surface area (Å²) in [7, 11) is 0. The predicted molar refractivity (Wildman–Crippen MR) is 76.6 cm³/mol. The monoisotopic (exact) mass is 281 g/mol. The number of hydrogen-bond acceptors (Lipinski definition) is 2. The number of phenols is 1. The van der Waals surface area contributed by atoms with Crippen molar-refractivity contribution in [2.75, 3.05) is 5.32 Å². The van der Waals surface area contributed by atoms with E-state index >= 15 is 0 Å². The minimum absolute atomic E-state index is 0.117. The van der Waals surface area contributed by atoms with Crippen LogP contribution in [0.15, 0.2) is 36.4 Å². The summed E-state index contributed by atoms with van der Waals surface area (Å²) in [4.78, 5) is 0. The van der Waals surface area contributed by atoms with Crippen molar-refractivity contribution < 1.29 is 5.11 Å². The Labute approximate surface area is 116 Å². The van der Waals surface area contributed by atoms with Crippen molar-refractivity contribution >= 4 is 28.9 Å². The van der Waals surface area contributed by atoms with Crippen molar-refractivity contribution in [3.8, 4) is 5.75 Å². The highest BCUT2D eigenvalue weighted by molar-refractivity contribution is 6.32. The van der Waals surface area contributed by atoms with E-state index in [9.17, 15) is 5.11 Å². The van der Waals surface area contributed by atoms with Crippen LogP contribution in [0.2, 0.25) is 10.0 Å². The van der Waals surface area contributed by atoms with Crippen LogP contribution in [0.5, 0.6) is 5.75 Å². The van der Waals surface area contributed by atoms with Crippen LogP contribution < -0.4 is 5.32 Å². The average Bonchev–Trinajstić information content (AvgIpc) is 2.36. The lowest BCUT2D eigenvalue weighted by Crippen LogP contribution is -2.01. The van der Waals surface area contributed by atoms with Gasteiger partial charge in [0.15, 0.2) is 0 Å². The van der Waals surface area contributed by atoms with Crippen LogP contribution in [-0.4, -0.2) is 5.11 Å². The van der Waals surface area contributed by atoms with Gasteiger partial charge in [0, 0.05) is 22.8 Å². The Morgan fingerprint density at radius 2 is 1.72 bits per heavy atom. The van der Waals surface area contributed by atoms with Crippen LogP contribution in [0.3, 0.4) is 0 Å². The average molecular weight is 282 g/mol. The van der Waals surface area contributed by atoms with Gasteiger partial charge in [-0.25, -0.2) is 0 Å². The molecule has 0 atom stereocenters. The standard InChI is InChI=1S/C14H13Cl2NO/c1-9-11(15)5-3-7-13(9)17-8-10-4-2-6-12(16)14(10)18/h2-7,17-18H,8H2,1H3. The molecule has 4 heteroatoms. The first-order chi connectivity index (χ1) is 8.59. The third-order valence-corrected chi connectivity index (χ3v) is 3.52. The van der Waals surface area contributed by atoms with Crippen LogP contribution in [0.25, 0.3) is 0 Å². The highest BCUT2D eigenvalue weighted by Gasteiger charge is 2.06. The largest absolute Gasteiger partial charge is 0.506 e. The molecule has 0 aromatic heterocycles. The Balaban J connectivity index is 2.17. The van der Waals surface area contributed by atoms with Crippen LogP contribution in [0.4, 0.5) is 5.69 Å². The molecule has 2 N–H and O–H groups in total. The van der Waals surface area contributed by atoms with Gasteiger partial charge < -0.3 is 10.4 Å². The van der Waals surface area contributed by atoms with Gasteiger partial charge in [-0.2, -0.15) is 0 Å². The van der Waals surface area contributed by atoms with Crippen LogP contribution >= 0.6 is 23.2 Å². The minimum Gasteiger partial charge on any atom is -0.506 e. The lowest BCUT2D eigenvalue weighted by atomic mass is 10.1. The van der Waals surface area contributed by atoms with Gasteiger partial charge in [-0.1, -0.05) is 41.4 Å². The number of aromatic hydroxyl groups is 1. The van der Waals surface area contributed by atoms with Crippen LogP contribution in [0, 0.1) is 6.92 Å². The van der Waals surface area contributed by atoms with E-state index in [1.807, 2.05) is 37.3 Å². The van der Waals surface area contributed by atoms with Gasteiger partial charge in [-0.15, -0.1) is 0 Å². The molecule has 18 heavy (non-hydrogen) atoms. The fraction of sp³-hybridized carbons (Fsp3) is 0.143. The Hall–Kier alpha value is -1.38. The molecule has 0 aliphatic carbocycles. The molecule has 0 aliphatic heterocycles. The molecule has 0 fully saturated rings. The first kappa shape index (κ1) is 13.1. The summed E-state index contributed by atoms with van der Waals surface area (Å²) in [6.07, 6.45) is 0. The molecule has 0 saturated carbocycles. The van der Waals surface area contributed by atoms with Gasteiger partial charge in [-0.05, 0) is 30.7 Å². The second-order valence-corrected chi connectivity index (χ2v) is 4.83. The highest BCUT2D eigenvalue weighted by atomic mass is 35.5. The van der Waals surface area contributed by atoms with Gasteiger partial charge in [0.2, 0.25) is 0 Å². The van der Waals surface area contributed by atoms with E-state index in [4.69, 9.17) is 23.2 Å². The van der Waals surface area contributed by atoms with E-state index in [1.165, 1.54) is 0 Å². The molecule has 2 aromatic carbocycles. The third kappa shape index (κ3) is 2.71. The first-order valence-corrected chi connectivity index (χ1v) is 6.30. The molecule has 2 rings (SSSR count). The number of rotatable bonds is 3. The lowest BCUT2D eigenvalue weighted by molar-refractivity contribution is 0.469. The van der Waals surface area contributed by atoms with Crippen molar-refractivity contribution in [3.63, 3.8) is 0 Å². The lowest BCUT2D eigenvalue weighted by Gasteiger charge is -2.12.